The molecule has 0 bridgehead atoms. The minimum absolute atomic E-state index is 0.422. The van der Waals surface area contributed by atoms with Gasteiger partial charge in [-0.1, -0.05) is 93.6 Å². The zero-order chi connectivity index (χ0) is 26.0. The third-order valence-corrected chi connectivity index (χ3v) is 5.97. The van der Waals surface area contributed by atoms with Crippen molar-refractivity contribution in [2.24, 2.45) is 5.41 Å². The number of oxazole rings is 1. The second-order valence-corrected chi connectivity index (χ2v) is 9.82. The van der Waals surface area contributed by atoms with Crippen LogP contribution in [-0.4, -0.2) is 32.4 Å². The van der Waals surface area contributed by atoms with Gasteiger partial charge in [0.2, 0.25) is 5.89 Å². The summed E-state index contributed by atoms with van der Waals surface area (Å²) in [7, 11) is 0. The number of carboxylic acid groups (broad SMARTS) is 1. The van der Waals surface area contributed by atoms with E-state index in [1.807, 2.05) is 93.6 Å². The molecule has 7 nitrogen and oxygen atoms in total. The van der Waals surface area contributed by atoms with Crippen LogP contribution in [0.25, 0.3) is 45.3 Å². The fourth-order valence-corrected chi connectivity index (χ4v) is 4.14. The normalized spacial score (nSPS) is 12.3. The maximum absolute atomic E-state index is 11.8. The van der Waals surface area contributed by atoms with Gasteiger partial charge in [0.15, 0.2) is 11.9 Å². The number of nitrogens with zero attached hydrogens (tertiary/aromatic N) is 2. The summed E-state index contributed by atoms with van der Waals surface area (Å²) < 4.78 is 12.2. The van der Waals surface area contributed by atoms with Crippen molar-refractivity contribution in [2.45, 2.75) is 26.9 Å². The van der Waals surface area contributed by atoms with Crippen molar-refractivity contribution < 1.29 is 19.1 Å². The van der Waals surface area contributed by atoms with Crippen LogP contribution in [0.3, 0.4) is 0 Å². The van der Waals surface area contributed by atoms with Gasteiger partial charge >= 0.3 is 5.97 Å². The number of carboxylic acids is 1. The first-order chi connectivity index (χ1) is 17.8. The molecule has 7 heteroatoms. The van der Waals surface area contributed by atoms with Crippen molar-refractivity contribution in [2.75, 3.05) is 0 Å². The molecule has 37 heavy (non-hydrogen) atoms. The van der Waals surface area contributed by atoms with E-state index in [1.54, 1.807) is 18.3 Å². The van der Waals surface area contributed by atoms with Crippen molar-refractivity contribution in [3.8, 4) is 51.0 Å². The Morgan fingerprint density at radius 2 is 1.57 bits per heavy atom. The predicted octanol–water partition coefficient (Wildman–Crippen LogP) is 6.94. The Morgan fingerprint density at radius 1 is 0.919 bits per heavy atom. The van der Waals surface area contributed by atoms with Gasteiger partial charge in [-0.2, -0.15) is 5.10 Å². The second kappa shape index (κ2) is 9.78. The molecule has 3 aromatic carbocycles. The quantitative estimate of drug-likeness (QED) is 0.255. The highest BCUT2D eigenvalue weighted by Crippen LogP contribution is 2.39. The van der Waals surface area contributed by atoms with Gasteiger partial charge in [-0.3, -0.25) is 5.10 Å². The molecule has 0 aliphatic rings. The number of hydrogen-bond acceptors (Lipinski definition) is 5. The fraction of sp³-hybridized carbons (Fsp3) is 0.167. The van der Waals surface area contributed by atoms with Crippen LogP contribution in [0.15, 0.2) is 95.5 Å². The lowest BCUT2D eigenvalue weighted by molar-refractivity contribution is -0.150. The number of hydrogen-bond donors (Lipinski definition) is 2. The Hall–Kier alpha value is -4.65. The number of rotatable bonds is 7. The Labute approximate surface area is 214 Å². The molecule has 0 spiro atoms. The fourth-order valence-electron chi connectivity index (χ4n) is 4.14. The van der Waals surface area contributed by atoms with Crippen LogP contribution >= 0.6 is 0 Å². The lowest BCUT2D eigenvalue weighted by Gasteiger charge is -2.27. The summed E-state index contributed by atoms with van der Waals surface area (Å²) in [6.07, 6.45) is 0.672. The standard InChI is InChI=1S/C30H27N3O4/c1-30(2,3)27(29(34)35)36-22-16-10-15-21(17-22)24-23(18-31-33-24)28-32-25(19-11-6-4-7-12-19)26(37-28)20-13-8-5-9-14-20/h4-18,27H,1-3H3,(H,31,33)(H,34,35). The molecule has 1 atom stereocenters. The van der Waals surface area contributed by atoms with Crippen LogP contribution in [0, 0.1) is 5.41 Å². The van der Waals surface area contributed by atoms with Gasteiger partial charge in [-0.25, -0.2) is 9.78 Å². The van der Waals surface area contributed by atoms with Gasteiger partial charge in [-0.15, -0.1) is 0 Å². The van der Waals surface area contributed by atoms with Gasteiger partial charge in [0.25, 0.3) is 0 Å². The Balaban J connectivity index is 1.56. The predicted molar refractivity (Wildman–Crippen MR) is 142 cm³/mol. The van der Waals surface area contributed by atoms with E-state index in [9.17, 15) is 9.90 Å². The van der Waals surface area contributed by atoms with E-state index in [4.69, 9.17) is 14.1 Å². The van der Waals surface area contributed by atoms with Crippen LogP contribution in [0.1, 0.15) is 20.8 Å². The maximum Gasteiger partial charge on any atom is 0.345 e. The van der Waals surface area contributed by atoms with Crippen LogP contribution in [0.2, 0.25) is 0 Å². The Morgan fingerprint density at radius 3 is 2.22 bits per heavy atom. The number of aromatic nitrogens is 3. The SMILES string of the molecule is CC(C)(C)C(Oc1cccc(-c2[nH]ncc2-c2nc(-c3ccccc3)c(-c3ccccc3)o2)c1)C(=O)O. The van der Waals surface area contributed by atoms with Crippen molar-refractivity contribution in [1.29, 1.82) is 0 Å². The van der Waals surface area contributed by atoms with E-state index >= 15 is 0 Å². The molecule has 5 rings (SSSR count). The first-order valence-corrected chi connectivity index (χ1v) is 12.0. The van der Waals surface area contributed by atoms with E-state index in [2.05, 4.69) is 10.2 Å². The molecule has 2 heterocycles. The first kappa shape index (κ1) is 24.1. The highest BCUT2D eigenvalue weighted by atomic mass is 16.5. The molecule has 0 radical (unpaired) electrons. The van der Waals surface area contributed by atoms with E-state index < -0.39 is 17.5 Å². The van der Waals surface area contributed by atoms with Gasteiger partial charge in [-0.05, 0) is 12.1 Å². The molecule has 1 unspecified atom stereocenters. The molecule has 0 aliphatic heterocycles. The third-order valence-electron chi connectivity index (χ3n) is 5.97. The number of nitrogens with one attached hydrogen (secondary N) is 1. The van der Waals surface area contributed by atoms with E-state index in [-0.39, 0.29) is 0 Å². The number of H-pyrrole nitrogens is 1. The van der Waals surface area contributed by atoms with Crippen LogP contribution < -0.4 is 4.74 Å². The number of aromatic amines is 1. The highest BCUT2D eigenvalue weighted by molar-refractivity contribution is 5.82. The molecule has 5 aromatic rings. The molecule has 0 aliphatic carbocycles. The van der Waals surface area contributed by atoms with Crippen LogP contribution in [-0.2, 0) is 4.79 Å². The van der Waals surface area contributed by atoms with Crippen molar-refractivity contribution in [1.82, 2.24) is 15.2 Å². The molecular formula is C30H27N3O4. The minimum Gasteiger partial charge on any atom is -0.478 e. The molecule has 0 fully saturated rings. The average Bonchev–Trinajstić information content (AvgIpc) is 3.55. The summed E-state index contributed by atoms with van der Waals surface area (Å²) in [5.74, 6) is 0.524. The van der Waals surface area contributed by atoms with E-state index in [1.165, 1.54) is 0 Å². The first-order valence-electron chi connectivity index (χ1n) is 12.0. The van der Waals surface area contributed by atoms with Gasteiger partial charge in [0.05, 0.1) is 17.5 Å². The van der Waals surface area contributed by atoms with Crippen LogP contribution in [0.5, 0.6) is 5.75 Å². The molecule has 0 saturated carbocycles. The van der Waals surface area contributed by atoms with Crippen molar-refractivity contribution in [3.05, 3.63) is 91.1 Å². The number of carbonyl (C=O) groups is 1. The lowest BCUT2D eigenvalue weighted by Crippen LogP contribution is -2.39. The third kappa shape index (κ3) is 5.02. The number of benzene rings is 3. The molecule has 186 valence electrons. The summed E-state index contributed by atoms with van der Waals surface area (Å²) in [5.41, 5.74) is 4.15. The topological polar surface area (TPSA) is 101 Å². The molecular weight excluding hydrogens is 466 g/mol. The molecule has 0 saturated heterocycles. The maximum atomic E-state index is 11.8. The molecule has 2 aromatic heterocycles. The van der Waals surface area contributed by atoms with E-state index in [0.29, 0.717) is 28.7 Å². The minimum atomic E-state index is -1.01. The van der Waals surface area contributed by atoms with Crippen LogP contribution in [0.4, 0.5) is 0 Å². The summed E-state index contributed by atoms with van der Waals surface area (Å²) >= 11 is 0. The smallest absolute Gasteiger partial charge is 0.345 e. The summed E-state index contributed by atoms with van der Waals surface area (Å²) in [6, 6.07) is 27.0. The van der Waals surface area contributed by atoms with Gasteiger partial charge in [0.1, 0.15) is 11.4 Å². The van der Waals surface area contributed by atoms with E-state index in [0.717, 1.165) is 22.4 Å². The van der Waals surface area contributed by atoms with Crippen molar-refractivity contribution in [3.63, 3.8) is 0 Å². The van der Waals surface area contributed by atoms with Gasteiger partial charge < -0.3 is 14.3 Å². The number of ether oxygens (including phenoxy) is 1. The Bertz CT molecular complexity index is 1460. The Kier molecular flexibility index (Phi) is 6.36. The molecule has 2 N–H and O–H groups in total. The zero-order valence-electron chi connectivity index (χ0n) is 20.8. The number of aliphatic carboxylic acids is 1. The van der Waals surface area contributed by atoms with Crippen molar-refractivity contribution >= 4 is 5.97 Å². The average molecular weight is 494 g/mol. The largest absolute Gasteiger partial charge is 0.478 e. The monoisotopic (exact) mass is 493 g/mol. The molecule has 0 amide bonds. The lowest BCUT2D eigenvalue weighted by atomic mass is 9.89. The summed E-state index contributed by atoms with van der Waals surface area (Å²) in [6.45, 7) is 5.50. The van der Waals surface area contributed by atoms with Gasteiger partial charge in [0, 0.05) is 22.1 Å². The summed E-state index contributed by atoms with van der Waals surface area (Å²) in [5, 5.41) is 17.0. The second-order valence-electron chi connectivity index (χ2n) is 9.82. The highest BCUT2D eigenvalue weighted by Gasteiger charge is 2.33. The zero-order valence-corrected chi connectivity index (χ0v) is 20.8. The summed E-state index contributed by atoms with van der Waals surface area (Å²) in [4.78, 5) is 16.7.